The molecule has 1 amide bonds. The number of carboxylic acid groups (broad SMARTS) is 1. The van der Waals surface area contributed by atoms with Crippen molar-refractivity contribution in [2.24, 2.45) is 11.8 Å². The van der Waals surface area contributed by atoms with Gasteiger partial charge in [-0.2, -0.15) is 0 Å². The number of nitrogens with one attached hydrogen (secondary N) is 1. The van der Waals surface area contributed by atoms with Gasteiger partial charge >= 0.3 is 5.97 Å². The van der Waals surface area contributed by atoms with Crippen LogP contribution in [0.25, 0.3) is 0 Å². The maximum absolute atomic E-state index is 13.4. The Morgan fingerprint density at radius 3 is 2.67 bits per heavy atom. The van der Waals surface area contributed by atoms with Crippen LogP contribution in [0.3, 0.4) is 0 Å². The molecule has 5 nitrogen and oxygen atoms in total. The highest BCUT2D eigenvalue weighted by molar-refractivity contribution is 9.10. The van der Waals surface area contributed by atoms with E-state index in [1.165, 1.54) is 6.07 Å². The van der Waals surface area contributed by atoms with Crippen molar-refractivity contribution in [3.05, 3.63) is 28.0 Å². The second-order valence-corrected chi connectivity index (χ2v) is 6.16. The van der Waals surface area contributed by atoms with E-state index in [9.17, 15) is 14.0 Å². The molecule has 0 aromatic heterocycles. The largest absolute Gasteiger partial charge is 0.491 e. The van der Waals surface area contributed by atoms with E-state index < -0.39 is 23.6 Å². The van der Waals surface area contributed by atoms with Crippen LogP contribution in [0.15, 0.2) is 16.6 Å². The third-order valence-electron chi connectivity index (χ3n) is 4.08. The second kappa shape index (κ2) is 5.29. The van der Waals surface area contributed by atoms with Crippen molar-refractivity contribution in [1.29, 1.82) is 0 Å². The standard InChI is InChI=1S/C14H13BrFNO4/c15-9-3-8-11(5-21-12(8)4-10(9)16)17-13(18)6-1-2-7(6)14(19)20/h3-4,6-7,11H,1-2,5H2,(H,17,18)(H,19,20). The summed E-state index contributed by atoms with van der Waals surface area (Å²) >= 11 is 3.10. The molecule has 0 spiro atoms. The first-order valence-electron chi connectivity index (χ1n) is 6.62. The number of amides is 1. The summed E-state index contributed by atoms with van der Waals surface area (Å²) < 4.78 is 19.1. The number of fused-ring (bicyclic) bond motifs is 1. The van der Waals surface area contributed by atoms with Crippen LogP contribution in [-0.2, 0) is 9.59 Å². The monoisotopic (exact) mass is 357 g/mol. The number of aliphatic carboxylic acids is 1. The van der Waals surface area contributed by atoms with Crippen molar-refractivity contribution in [3.63, 3.8) is 0 Å². The number of benzene rings is 1. The fourth-order valence-electron chi connectivity index (χ4n) is 2.71. The lowest BCUT2D eigenvalue weighted by molar-refractivity contribution is -0.153. The lowest BCUT2D eigenvalue weighted by Gasteiger charge is -2.32. The summed E-state index contributed by atoms with van der Waals surface area (Å²) in [6.45, 7) is 0.224. The molecule has 7 heteroatoms. The molecular formula is C14H13BrFNO4. The zero-order valence-electron chi connectivity index (χ0n) is 10.9. The number of carbonyl (C=O) groups is 2. The number of halogens is 2. The van der Waals surface area contributed by atoms with Gasteiger partial charge in [0, 0.05) is 11.6 Å². The molecule has 0 bridgehead atoms. The van der Waals surface area contributed by atoms with Gasteiger partial charge in [-0.15, -0.1) is 0 Å². The Kier molecular flexibility index (Phi) is 3.61. The number of carboxylic acids is 1. The van der Waals surface area contributed by atoms with Crippen LogP contribution in [0, 0.1) is 17.7 Å². The Morgan fingerprint density at radius 1 is 1.33 bits per heavy atom. The van der Waals surface area contributed by atoms with Gasteiger partial charge in [0.1, 0.15) is 18.2 Å². The van der Waals surface area contributed by atoms with E-state index in [4.69, 9.17) is 9.84 Å². The van der Waals surface area contributed by atoms with Crippen LogP contribution < -0.4 is 10.1 Å². The van der Waals surface area contributed by atoms with Crippen molar-refractivity contribution < 1.29 is 23.8 Å². The molecule has 3 atom stereocenters. The number of ether oxygens (including phenoxy) is 1. The molecule has 0 saturated heterocycles. The van der Waals surface area contributed by atoms with Crippen molar-refractivity contribution in [3.8, 4) is 5.75 Å². The van der Waals surface area contributed by atoms with Crippen LogP contribution in [0.4, 0.5) is 4.39 Å². The first-order chi connectivity index (χ1) is 9.97. The molecule has 1 aromatic carbocycles. The lowest BCUT2D eigenvalue weighted by Crippen LogP contribution is -2.45. The first-order valence-corrected chi connectivity index (χ1v) is 7.41. The predicted octanol–water partition coefficient (Wildman–Crippen LogP) is 2.25. The van der Waals surface area contributed by atoms with Crippen LogP contribution in [0.1, 0.15) is 24.4 Å². The summed E-state index contributed by atoms with van der Waals surface area (Å²) in [5, 5.41) is 11.8. The zero-order chi connectivity index (χ0) is 15.1. The highest BCUT2D eigenvalue weighted by atomic mass is 79.9. The van der Waals surface area contributed by atoms with E-state index in [0.29, 0.717) is 28.6 Å². The molecule has 112 valence electrons. The fraction of sp³-hybridized carbons (Fsp3) is 0.429. The minimum atomic E-state index is -0.936. The molecule has 1 aromatic rings. The fourth-order valence-corrected chi connectivity index (χ4v) is 3.07. The summed E-state index contributed by atoms with van der Waals surface area (Å²) in [5.41, 5.74) is 0.697. The Morgan fingerprint density at radius 2 is 2.05 bits per heavy atom. The summed E-state index contributed by atoms with van der Waals surface area (Å²) in [4.78, 5) is 23.1. The normalized spacial score (nSPS) is 26.5. The second-order valence-electron chi connectivity index (χ2n) is 5.30. The van der Waals surface area contributed by atoms with Crippen LogP contribution in [0.2, 0.25) is 0 Å². The average molecular weight is 358 g/mol. The first kappa shape index (κ1) is 14.3. The maximum atomic E-state index is 13.4. The van der Waals surface area contributed by atoms with Gasteiger partial charge in [0.15, 0.2) is 0 Å². The molecule has 3 rings (SSSR count). The SMILES string of the molecule is O=C(O)C1CCC1C(=O)NC1COc2cc(F)c(Br)cc21. The van der Waals surface area contributed by atoms with E-state index in [0.717, 1.165) is 0 Å². The smallest absolute Gasteiger partial charge is 0.307 e. The van der Waals surface area contributed by atoms with E-state index in [2.05, 4.69) is 21.2 Å². The number of rotatable bonds is 3. The highest BCUT2D eigenvalue weighted by Gasteiger charge is 2.42. The zero-order valence-corrected chi connectivity index (χ0v) is 12.5. The summed E-state index contributed by atoms with van der Waals surface area (Å²) in [6, 6.07) is 2.48. The highest BCUT2D eigenvalue weighted by Crippen LogP contribution is 2.38. The van der Waals surface area contributed by atoms with Gasteiger partial charge in [-0.25, -0.2) is 4.39 Å². The molecule has 1 aliphatic carbocycles. The minimum absolute atomic E-state index is 0.224. The van der Waals surface area contributed by atoms with E-state index in [1.54, 1.807) is 6.07 Å². The third-order valence-corrected chi connectivity index (χ3v) is 4.69. The van der Waals surface area contributed by atoms with Gasteiger partial charge in [0.05, 0.1) is 22.4 Å². The van der Waals surface area contributed by atoms with Crippen molar-refractivity contribution >= 4 is 27.8 Å². The van der Waals surface area contributed by atoms with Gasteiger partial charge < -0.3 is 15.2 Å². The predicted molar refractivity (Wildman–Crippen MR) is 74.3 cm³/mol. The molecule has 0 radical (unpaired) electrons. The van der Waals surface area contributed by atoms with E-state index in [-0.39, 0.29) is 18.6 Å². The number of hydrogen-bond acceptors (Lipinski definition) is 3. The molecule has 21 heavy (non-hydrogen) atoms. The van der Waals surface area contributed by atoms with Crippen LogP contribution in [-0.4, -0.2) is 23.6 Å². The summed E-state index contributed by atoms with van der Waals surface area (Å²) in [6.07, 6.45) is 1.11. The molecule has 1 heterocycles. The van der Waals surface area contributed by atoms with Crippen molar-refractivity contribution in [2.75, 3.05) is 6.61 Å². The van der Waals surface area contributed by atoms with Gasteiger partial charge in [-0.05, 0) is 34.8 Å². The quantitative estimate of drug-likeness (QED) is 0.869. The minimum Gasteiger partial charge on any atom is -0.491 e. The molecule has 3 unspecified atom stereocenters. The van der Waals surface area contributed by atoms with E-state index >= 15 is 0 Å². The van der Waals surface area contributed by atoms with Gasteiger partial charge in [0.2, 0.25) is 5.91 Å². The van der Waals surface area contributed by atoms with Crippen molar-refractivity contribution in [1.82, 2.24) is 5.32 Å². The number of carbonyl (C=O) groups excluding carboxylic acids is 1. The Bertz CT molecular complexity index is 621. The summed E-state index contributed by atoms with van der Waals surface area (Å²) in [7, 11) is 0. The number of hydrogen-bond donors (Lipinski definition) is 2. The maximum Gasteiger partial charge on any atom is 0.307 e. The molecule has 1 fully saturated rings. The van der Waals surface area contributed by atoms with Crippen molar-refractivity contribution in [2.45, 2.75) is 18.9 Å². The molecular weight excluding hydrogens is 345 g/mol. The molecule has 1 saturated carbocycles. The lowest BCUT2D eigenvalue weighted by atomic mass is 9.73. The summed E-state index contributed by atoms with van der Waals surface area (Å²) in [5.74, 6) is -2.33. The molecule has 2 aliphatic rings. The van der Waals surface area contributed by atoms with Gasteiger partial charge in [0.25, 0.3) is 0 Å². The average Bonchev–Trinajstić information content (AvgIpc) is 2.70. The van der Waals surface area contributed by atoms with Crippen LogP contribution >= 0.6 is 15.9 Å². The Balaban J connectivity index is 1.72. The molecule has 2 N–H and O–H groups in total. The Labute approximate surface area is 128 Å². The van der Waals surface area contributed by atoms with Gasteiger partial charge in [-0.3, -0.25) is 9.59 Å². The van der Waals surface area contributed by atoms with E-state index in [1.807, 2.05) is 0 Å². The van der Waals surface area contributed by atoms with Crippen LogP contribution in [0.5, 0.6) is 5.75 Å². The molecule has 1 aliphatic heterocycles. The van der Waals surface area contributed by atoms with Gasteiger partial charge in [-0.1, -0.05) is 0 Å². The third kappa shape index (κ3) is 2.50. The Hall–Kier alpha value is -1.63. The topological polar surface area (TPSA) is 75.6 Å².